The number of anilines is 1. The molecule has 10 nitrogen and oxygen atoms in total. The minimum Gasteiger partial charge on any atom is -0.480 e. The lowest BCUT2D eigenvalue weighted by Crippen LogP contribution is -2.48. The Balaban J connectivity index is 1.89. The number of hydrogen-bond donors (Lipinski definition) is 5. The smallest absolute Gasteiger partial charge is 0.328 e. The van der Waals surface area contributed by atoms with Crippen LogP contribution in [0.2, 0.25) is 10.0 Å². The first-order chi connectivity index (χ1) is 17.7. The first-order valence-electron chi connectivity index (χ1n) is 10.8. The molecule has 0 aromatic heterocycles. The third-order valence-corrected chi connectivity index (χ3v) is 5.43. The van der Waals surface area contributed by atoms with Crippen molar-refractivity contribution in [2.75, 3.05) is 18.4 Å². The molecule has 3 amide bonds. The van der Waals surface area contributed by atoms with Crippen molar-refractivity contribution in [3.05, 3.63) is 88.2 Å². The fraction of sp³-hybridized carbons (Fsp3) is 0.160. The summed E-state index contributed by atoms with van der Waals surface area (Å²) in [4.78, 5) is 52.4. The average molecular weight is 546 g/mol. The molecule has 194 valence electrons. The summed E-state index contributed by atoms with van der Waals surface area (Å²) in [5, 5.41) is 20.0. The van der Waals surface area contributed by atoms with Crippen molar-refractivity contribution in [3.8, 4) is 0 Å². The first-order valence-corrected chi connectivity index (χ1v) is 11.6. The van der Waals surface area contributed by atoms with Gasteiger partial charge < -0.3 is 26.4 Å². The number of rotatable bonds is 13. The number of aliphatic imine (C=N–C) groups is 1. The van der Waals surface area contributed by atoms with E-state index < -0.39 is 30.4 Å². The number of nitrogens with zero attached hydrogens (tertiary/aromatic N) is 1. The van der Waals surface area contributed by atoms with Gasteiger partial charge in [0.25, 0.3) is 11.8 Å². The lowest BCUT2D eigenvalue weighted by Gasteiger charge is -2.16. The maximum Gasteiger partial charge on any atom is 0.328 e. The van der Waals surface area contributed by atoms with Gasteiger partial charge in [-0.05, 0) is 49.2 Å². The van der Waals surface area contributed by atoms with E-state index in [0.717, 1.165) is 0 Å². The van der Waals surface area contributed by atoms with Crippen molar-refractivity contribution in [1.29, 1.82) is 0 Å². The molecule has 0 spiro atoms. The van der Waals surface area contributed by atoms with Crippen molar-refractivity contribution < 1.29 is 24.3 Å². The number of halogens is 2. The summed E-state index contributed by atoms with van der Waals surface area (Å²) < 4.78 is 0. The van der Waals surface area contributed by atoms with E-state index in [9.17, 15) is 24.3 Å². The van der Waals surface area contributed by atoms with Crippen LogP contribution in [0, 0.1) is 0 Å². The van der Waals surface area contributed by atoms with Crippen LogP contribution in [-0.4, -0.2) is 54.6 Å². The molecule has 37 heavy (non-hydrogen) atoms. The summed E-state index contributed by atoms with van der Waals surface area (Å²) in [6.45, 7) is 6.91. The molecule has 12 heteroatoms. The van der Waals surface area contributed by atoms with Crippen LogP contribution in [0.15, 0.2) is 72.0 Å². The highest BCUT2D eigenvalue weighted by Crippen LogP contribution is 2.24. The van der Waals surface area contributed by atoms with Crippen molar-refractivity contribution in [1.82, 2.24) is 16.0 Å². The fourth-order valence-corrected chi connectivity index (χ4v) is 3.52. The molecular weight excluding hydrogens is 521 g/mol. The predicted molar refractivity (Wildman–Crippen MR) is 143 cm³/mol. The van der Waals surface area contributed by atoms with Gasteiger partial charge in [-0.1, -0.05) is 41.9 Å². The molecule has 2 rings (SSSR count). The zero-order valence-electron chi connectivity index (χ0n) is 19.6. The Morgan fingerprint density at radius 3 is 2.22 bits per heavy atom. The van der Waals surface area contributed by atoms with E-state index >= 15 is 0 Å². The number of hydrogen-bond acceptors (Lipinski definition) is 6. The molecule has 0 aliphatic heterocycles. The second-order valence-corrected chi connectivity index (χ2v) is 8.23. The molecular formula is C25H25Cl2N5O5. The van der Waals surface area contributed by atoms with E-state index in [1.165, 1.54) is 36.4 Å². The lowest BCUT2D eigenvalue weighted by atomic mass is 10.1. The average Bonchev–Trinajstić information content (AvgIpc) is 2.86. The summed E-state index contributed by atoms with van der Waals surface area (Å²) in [5.41, 5.74) is 0.626. The molecule has 0 saturated heterocycles. The molecule has 0 heterocycles. The summed E-state index contributed by atoms with van der Waals surface area (Å²) in [5.74, 6) is -2.49. The quantitative estimate of drug-likeness (QED) is 0.192. The normalized spacial score (nSPS) is 11.6. The number of carbonyl (C=O) groups excluding carboxylic acids is 3. The van der Waals surface area contributed by atoms with Gasteiger partial charge in [0.15, 0.2) is 0 Å². The van der Waals surface area contributed by atoms with Crippen LogP contribution in [0.3, 0.4) is 0 Å². The molecule has 0 aliphatic carbocycles. The standard InChI is InChI=1S/C25H25Cl2N5O5/c1-3-5-20(28-2)29-13-12-21(33)31-16-10-8-15(9-11-16)23(34)30-14-19(25(36)37)32-24(35)22-17(26)6-4-7-18(22)27/h3-11,19,29H,1-2,12-14H2,(H,30,34)(H,31,33)(H,32,35)(H,36,37)/b20-5+/t19-/m0/s1. The number of carboxylic acids is 1. The van der Waals surface area contributed by atoms with Crippen molar-refractivity contribution in [2.24, 2.45) is 4.99 Å². The minimum atomic E-state index is -1.44. The molecule has 0 bridgehead atoms. The largest absolute Gasteiger partial charge is 0.480 e. The molecule has 0 saturated carbocycles. The van der Waals surface area contributed by atoms with E-state index in [1.54, 1.807) is 18.2 Å². The summed E-state index contributed by atoms with van der Waals surface area (Å²) in [7, 11) is 0. The molecule has 0 aliphatic rings. The number of amides is 3. The lowest BCUT2D eigenvalue weighted by molar-refractivity contribution is -0.139. The van der Waals surface area contributed by atoms with Crippen LogP contribution in [0.4, 0.5) is 5.69 Å². The number of carboxylic acid groups (broad SMARTS) is 1. The van der Waals surface area contributed by atoms with Gasteiger partial charge in [0.05, 0.1) is 15.6 Å². The minimum absolute atomic E-state index is 0.0599. The number of nitrogens with one attached hydrogen (secondary N) is 4. The van der Waals surface area contributed by atoms with Gasteiger partial charge in [-0.15, -0.1) is 0 Å². The Labute approximate surface area is 223 Å². The van der Waals surface area contributed by atoms with Gasteiger partial charge >= 0.3 is 5.97 Å². The van der Waals surface area contributed by atoms with Gasteiger partial charge in [-0.3, -0.25) is 14.4 Å². The maximum absolute atomic E-state index is 12.5. The topological polar surface area (TPSA) is 149 Å². The van der Waals surface area contributed by atoms with Gasteiger partial charge in [-0.25, -0.2) is 9.79 Å². The first kappa shape index (κ1) is 29.1. The molecule has 0 fully saturated rings. The highest BCUT2D eigenvalue weighted by atomic mass is 35.5. The number of carbonyl (C=O) groups is 4. The van der Waals surface area contributed by atoms with E-state index in [1.807, 2.05) is 0 Å². The van der Waals surface area contributed by atoms with Crippen LogP contribution in [-0.2, 0) is 9.59 Å². The molecule has 2 aromatic rings. The van der Waals surface area contributed by atoms with Gasteiger partial charge in [-0.2, -0.15) is 0 Å². The molecule has 0 unspecified atom stereocenters. The Morgan fingerprint density at radius 2 is 1.65 bits per heavy atom. The van der Waals surface area contributed by atoms with E-state index in [2.05, 4.69) is 39.6 Å². The SMILES string of the molecule is C=C/C=C(\N=C)NCCC(=O)Nc1ccc(C(=O)NC[C@H](NC(=O)c2c(Cl)cccc2Cl)C(=O)O)cc1. The molecule has 1 atom stereocenters. The third kappa shape index (κ3) is 9.10. The molecule has 5 N–H and O–H groups in total. The monoisotopic (exact) mass is 545 g/mol. The second-order valence-electron chi connectivity index (χ2n) is 7.42. The summed E-state index contributed by atoms with van der Waals surface area (Å²) in [6.07, 6.45) is 3.33. The third-order valence-electron chi connectivity index (χ3n) is 4.80. The maximum atomic E-state index is 12.5. The van der Waals surface area contributed by atoms with E-state index in [0.29, 0.717) is 18.1 Å². The highest BCUT2D eigenvalue weighted by Gasteiger charge is 2.24. The Morgan fingerprint density at radius 1 is 1.00 bits per heavy atom. The van der Waals surface area contributed by atoms with E-state index in [-0.39, 0.29) is 33.5 Å². The Hall–Kier alpha value is -4.15. The van der Waals surface area contributed by atoms with Crippen LogP contribution < -0.4 is 21.3 Å². The van der Waals surface area contributed by atoms with Gasteiger partial charge in [0, 0.05) is 30.8 Å². The predicted octanol–water partition coefficient (Wildman–Crippen LogP) is 3.25. The van der Waals surface area contributed by atoms with Crippen LogP contribution in [0.5, 0.6) is 0 Å². The summed E-state index contributed by atoms with van der Waals surface area (Å²) in [6, 6.07) is 9.00. The number of allylic oxidation sites excluding steroid dienone is 2. The van der Waals surface area contributed by atoms with Crippen LogP contribution in [0.1, 0.15) is 27.1 Å². The van der Waals surface area contributed by atoms with Crippen LogP contribution in [0.25, 0.3) is 0 Å². The summed E-state index contributed by atoms with van der Waals surface area (Å²) >= 11 is 12.0. The zero-order chi connectivity index (χ0) is 27.4. The van der Waals surface area contributed by atoms with Gasteiger partial charge in [0.1, 0.15) is 11.9 Å². The van der Waals surface area contributed by atoms with Gasteiger partial charge in [0.2, 0.25) is 5.91 Å². The van der Waals surface area contributed by atoms with Crippen molar-refractivity contribution in [3.63, 3.8) is 0 Å². The van der Waals surface area contributed by atoms with Crippen molar-refractivity contribution in [2.45, 2.75) is 12.5 Å². The second kappa shape index (κ2) is 14.4. The number of aliphatic carboxylic acids is 1. The van der Waals surface area contributed by atoms with Crippen LogP contribution >= 0.6 is 23.2 Å². The highest BCUT2D eigenvalue weighted by molar-refractivity contribution is 6.39. The number of benzene rings is 2. The van der Waals surface area contributed by atoms with E-state index in [4.69, 9.17) is 23.2 Å². The van der Waals surface area contributed by atoms with Crippen molar-refractivity contribution >= 4 is 59.3 Å². The fourth-order valence-electron chi connectivity index (χ4n) is 2.95. The Bertz CT molecular complexity index is 1190. The molecule has 2 aromatic carbocycles. The zero-order valence-corrected chi connectivity index (χ0v) is 21.1. The molecule has 0 radical (unpaired) electrons. The Kier molecular flexibility index (Phi) is 11.3.